The average Bonchev–Trinajstić information content (AvgIpc) is 2.53. The van der Waals surface area contributed by atoms with Crippen molar-refractivity contribution in [3.8, 4) is 0 Å². The number of hydroxylamine groups is 1. The number of nitrogens with zero attached hydrogens (tertiary/aromatic N) is 1. The predicted octanol–water partition coefficient (Wildman–Crippen LogP) is 2.34. The zero-order chi connectivity index (χ0) is 12.9. The maximum atomic E-state index is 12.6. The molecule has 1 atom stereocenters. The quantitative estimate of drug-likeness (QED) is 0.406. The van der Waals surface area contributed by atoms with Crippen LogP contribution < -0.4 is 0 Å². The molecule has 1 fully saturated rings. The molecular formula is C10H18NO4P. The van der Waals surface area contributed by atoms with Crippen LogP contribution in [0.5, 0.6) is 0 Å². The van der Waals surface area contributed by atoms with E-state index >= 15 is 0 Å². The summed E-state index contributed by atoms with van der Waals surface area (Å²) < 4.78 is 31.3. The van der Waals surface area contributed by atoms with Crippen molar-refractivity contribution in [2.24, 2.45) is 5.41 Å². The van der Waals surface area contributed by atoms with Crippen LogP contribution in [0.4, 0.5) is 0 Å². The van der Waals surface area contributed by atoms with E-state index in [1.54, 1.807) is 6.92 Å². The molecule has 0 amide bonds. The molecule has 0 radical (unpaired) electrons. The summed E-state index contributed by atoms with van der Waals surface area (Å²) >= 11 is 0. The fraction of sp³-hybridized carbons (Fsp3) is 0.900. The molecule has 1 saturated heterocycles. The minimum Gasteiger partial charge on any atom is -0.623 e. The third-order valence-corrected chi connectivity index (χ3v) is 5.66. The Hall–Kier alpha value is -0.380. The lowest BCUT2D eigenvalue weighted by Gasteiger charge is -2.39. The summed E-state index contributed by atoms with van der Waals surface area (Å²) in [7, 11) is -3.47. The molecule has 2 aliphatic heterocycles. The molecule has 0 saturated carbocycles. The van der Waals surface area contributed by atoms with Gasteiger partial charge in [0.05, 0.1) is 13.2 Å². The minimum atomic E-state index is -3.47. The molecule has 0 spiro atoms. The highest BCUT2D eigenvalue weighted by Crippen LogP contribution is 2.65. The summed E-state index contributed by atoms with van der Waals surface area (Å²) in [5.41, 5.74) is -0.190. The highest BCUT2D eigenvalue weighted by Gasteiger charge is 2.59. The standard InChI is InChI=1S/C10H18NO4P/c1-9(2)7-14-16(13,15-8-9)10(3)5-4-6-11(10)12/h6H,4-5,7-8H2,1-3H3/i6T. The fourth-order valence-corrected chi connectivity index (χ4v) is 4.14. The number of hydrogen-bond acceptors (Lipinski definition) is 4. The Bertz CT molecular complexity index is 409. The van der Waals surface area contributed by atoms with Gasteiger partial charge in [0.25, 0.3) is 5.28 Å². The predicted molar refractivity (Wildman–Crippen MR) is 60.6 cm³/mol. The van der Waals surface area contributed by atoms with Gasteiger partial charge in [-0.05, 0) is 0 Å². The zero-order valence-corrected chi connectivity index (χ0v) is 10.8. The first-order chi connectivity index (χ1) is 7.70. The Morgan fingerprint density at radius 2 is 2.00 bits per heavy atom. The van der Waals surface area contributed by atoms with Crippen molar-refractivity contribution >= 4 is 13.8 Å². The van der Waals surface area contributed by atoms with Gasteiger partial charge in [-0.1, -0.05) is 13.8 Å². The second-order valence-corrected chi connectivity index (χ2v) is 7.85. The largest absolute Gasteiger partial charge is 0.623 e. The highest BCUT2D eigenvalue weighted by atomic mass is 31.2. The van der Waals surface area contributed by atoms with E-state index in [2.05, 4.69) is 0 Å². The van der Waals surface area contributed by atoms with Crippen LogP contribution in [0.3, 0.4) is 0 Å². The topological polar surface area (TPSA) is 61.6 Å². The van der Waals surface area contributed by atoms with Gasteiger partial charge in [0.2, 0.25) is 0 Å². The van der Waals surface area contributed by atoms with Crippen LogP contribution in [0.1, 0.15) is 35.0 Å². The van der Waals surface area contributed by atoms with E-state index < -0.39 is 12.9 Å². The number of rotatable bonds is 1. The second kappa shape index (κ2) is 3.56. The van der Waals surface area contributed by atoms with Gasteiger partial charge >= 0.3 is 7.60 Å². The van der Waals surface area contributed by atoms with Gasteiger partial charge in [-0.3, -0.25) is 4.57 Å². The smallest absolute Gasteiger partial charge is 0.401 e. The maximum Gasteiger partial charge on any atom is 0.401 e. The van der Waals surface area contributed by atoms with E-state index in [0.717, 1.165) is 0 Å². The molecule has 2 rings (SSSR count). The molecule has 0 aromatic heterocycles. The van der Waals surface area contributed by atoms with Crippen molar-refractivity contribution < 1.29 is 19.7 Å². The summed E-state index contributed by atoms with van der Waals surface area (Å²) in [6.07, 6.45) is 0.604. The van der Waals surface area contributed by atoms with E-state index in [-0.39, 0.29) is 11.6 Å². The van der Waals surface area contributed by atoms with E-state index in [9.17, 15) is 9.77 Å². The van der Waals surface area contributed by atoms with Crippen LogP contribution in [-0.2, 0) is 13.6 Å². The van der Waals surface area contributed by atoms with Crippen molar-refractivity contribution in [3.05, 3.63) is 5.21 Å². The van der Waals surface area contributed by atoms with Gasteiger partial charge in [0.15, 0.2) is 6.19 Å². The van der Waals surface area contributed by atoms with E-state index in [0.29, 0.717) is 30.8 Å². The van der Waals surface area contributed by atoms with Crippen molar-refractivity contribution in [1.82, 2.24) is 0 Å². The Kier molecular flexibility index (Phi) is 2.39. The third-order valence-electron chi connectivity index (χ3n) is 3.13. The summed E-state index contributed by atoms with van der Waals surface area (Å²) in [5, 5.41) is 10.6. The fourth-order valence-electron chi connectivity index (χ4n) is 1.79. The van der Waals surface area contributed by atoms with Crippen molar-refractivity contribution in [2.45, 2.75) is 38.9 Å². The molecule has 0 N–H and O–H groups in total. The van der Waals surface area contributed by atoms with E-state index in [1.165, 1.54) is 0 Å². The van der Waals surface area contributed by atoms with Gasteiger partial charge in [-0.25, -0.2) is 0 Å². The van der Waals surface area contributed by atoms with Gasteiger partial charge in [0.1, 0.15) is 1.37 Å². The van der Waals surface area contributed by atoms with Gasteiger partial charge in [-0.2, -0.15) is 4.74 Å². The molecule has 16 heavy (non-hydrogen) atoms. The van der Waals surface area contributed by atoms with Crippen LogP contribution in [0, 0.1) is 10.6 Å². The van der Waals surface area contributed by atoms with Crippen LogP contribution in [-0.4, -0.2) is 29.4 Å². The van der Waals surface area contributed by atoms with E-state index in [1.807, 2.05) is 13.8 Å². The minimum absolute atomic E-state index is 0.0558. The second-order valence-electron chi connectivity index (χ2n) is 5.38. The summed E-state index contributed by atoms with van der Waals surface area (Å²) in [4.78, 5) is 0. The average molecular weight is 249 g/mol. The molecule has 92 valence electrons. The Labute approximate surface area is 97.0 Å². The number of hydrogen-bond donors (Lipinski definition) is 0. The Morgan fingerprint density at radius 1 is 1.44 bits per heavy atom. The van der Waals surface area contributed by atoms with Gasteiger partial charge in [-0.15, -0.1) is 0 Å². The molecule has 0 aromatic carbocycles. The maximum absolute atomic E-state index is 12.6. The summed E-state index contributed by atoms with van der Waals surface area (Å²) in [6.45, 7) is 6.07. The molecule has 1 unspecified atom stereocenters. The first-order valence-electron chi connectivity index (χ1n) is 5.89. The van der Waals surface area contributed by atoms with Crippen LogP contribution in [0.15, 0.2) is 0 Å². The highest BCUT2D eigenvalue weighted by molar-refractivity contribution is 7.55. The van der Waals surface area contributed by atoms with Gasteiger partial charge < -0.3 is 14.3 Å². The Balaban J connectivity index is 2.27. The molecule has 2 aliphatic rings. The molecule has 2 heterocycles. The third kappa shape index (κ3) is 1.71. The molecule has 0 aliphatic carbocycles. The monoisotopic (exact) mass is 249 g/mol. The Morgan fingerprint density at radius 3 is 2.44 bits per heavy atom. The molecule has 6 heteroatoms. The SMILES string of the molecule is [3H]C1=[N+]([O-])C(C)(P2(=O)OCC(C)(C)CO2)CC1. The van der Waals surface area contributed by atoms with Crippen LogP contribution in [0.2, 0.25) is 0 Å². The first kappa shape index (κ1) is 10.8. The zero-order valence-electron chi connectivity index (χ0n) is 10.9. The summed E-state index contributed by atoms with van der Waals surface area (Å²) in [5.74, 6) is 0. The first-order valence-corrected chi connectivity index (χ1v) is 6.94. The van der Waals surface area contributed by atoms with E-state index in [4.69, 9.17) is 10.4 Å². The molecule has 5 nitrogen and oxygen atoms in total. The van der Waals surface area contributed by atoms with Crippen molar-refractivity contribution in [2.75, 3.05) is 13.2 Å². The van der Waals surface area contributed by atoms with Crippen molar-refractivity contribution in [1.29, 1.82) is 0 Å². The lowest BCUT2D eigenvalue weighted by molar-refractivity contribution is -0.507. The van der Waals surface area contributed by atoms with Crippen LogP contribution in [0.25, 0.3) is 0 Å². The van der Waals surface area contributed by atoms with Gasteiger partial charge in [0, 0.05) is 25.2 Å². The molecular weight excluding hydrogens is 229 g/mol. The normalized spacial score (nSPS) is 38.6. The molecule has 0 aromatic rings. The van der Waals surface area contributed by atoms with Crippen LogP contribution >= 0.6 is 7.60 Å². The molecule has 0 bridgehead atoms. The van der Waals surface area contributed by atoms with Crippen molar-refractivity contribution in [3.63, 3.8) is 0 Å². The lowest BCUT2D eigenvalue weighted by Crippen LogP contribution is -2.40. The summed E-state index contributed by atoms with van der Waals surface area (Å²) in [6, 6.07) is 0. The lowest BCUT2D eigenvalue weighted by atomic mass is 9.97.